The van der Waals surface area contributed by atoms with Crippen molar-refractivity contribution in [1.82, 2.24) is 5.32 Å². The zero-order chi connectivity index (χ0) is 21.1. The van der Waals surface area contributed by atoms with Gasteiger partial charge in [0, 0.05) is 6.04 Å². The molecule has 0 fully saturated rings. The van der Waals surface area contributed by atoms with Gasteiger partial charge in [0.05, 0.1) is 13.2 Å². The molecule has 1 aromatic carbocycles. The summed E-state index contributed by atoms with van der Waals surface area (Å²) in [4.78, 5) is 24.8. The standard InChI is InChI=1S/C21H34N2O5/c1-5-6-7-18(20(25)19(24)17(22)12-14(2)3)23-21(26)28-13-15-8-10-16(27-4)11-9-15/h8-11,14,17-19,24H,5-7,12-13,22H2,1-4H3,(H,23,26)/t17-,18-,19?/m0/s1. The van der Waals surface area contributed by atoms with Gasteiger partial charge in [-0.25, -0.2) is 4.79 Å². The molecule has 0 bridgehead atoms. The lowest BCUT2D eigenvalue weighted by Gasteiger charge is -2.24. The Hall–Kier alpha value is -2.12. The minimum atomic E-state index is -1.31. The fourth-order valence-electron chi connectivity index (χ4n) is 2.84. The molecular weight excluding hydrogens is 360 g/mol. The lowest BCUT2D eigenvalue weighted by Crippen LogP contribution is -2.51. The van der Waals surface area contributed by atoms with Gasteiger partial charge in [-0.05, 0) is 36.5 Å². The second kappa shape index (κ2) is 12.4. The van der Waals surface area contributed by atoms with E-state index in [2.05, 4.69) is 5.32 Å². The molecule has 1 unspecified atom stereocenters. The number of unbranched alkanes of at least 4 members (excludes halogenated alkanes) is 1. The molecule has 1 amide bonds. The van der Waals surface area contributed by atoms with Gasteiger partial charge in [0.25, 0.3) is 0 Å². The van der Waals surface area contributed by atoms with Crippen molar-refractivity contribution in [2.75, 3.05) is 7.11 Å². The monoisotopic (exact) mass is 394 g/mol. The molecule has 0 spiro atoms. The highest BCUT2D eigenvalue weighted by molar-refractivity contribution is 5.91. The van der Waals surface area contributed by atoms with E-state index in [0.717, 1.165) is 18.4 Å². The summed E-state index contributed by atoms with van der Waals surface area (Å²) in [5.41, 5.74) is 6.75. The SMILES string of the molecule is CCCC[C@H](NC(=O)OCc1ccc(OC)cc1)C(=O)C(O)[C@@H](N)CC(C)C. The number of Topliss-reactive ketones (excluding diaryl/α,β-unsaturated/α-hetero) is 1. The van der Waals surface area contributed by atoms with Crippen molar-refractivity contribution in [3.05, 3.63) is 29.8 Å². The Labute approximate surface area is 167 Å². The number of aliphatic hydroxyl groups excluding tert-OH is 1. The summed E-state index contributed by atoms with van der Waals surface area (Å²) in [5, 5.41) is 12.9. The number of hydrogen-bond donors (Lipinski definition) is 3. The smallest absolute Gasteiger partial charge is 0.408 e. The van der Waals surface area contributed by atoms with Gasteiger partial charge >= 0.3 is 6.09 Å². The molecule has 158 valence electrons. The maximum Gasteiger partial charge on any atom is 0.408 e. The topological polar surface area (TPSA) is 111 Å². The molecule has 3 atom stereocenters. The first-order valence-electron chi connectivity index (χ1n) is 9.82. The van der Waals surface area contributed by atoms with Crippen LogP contribution in [0.1, 0.15) is 52.0 Å². The molecule has 0 aliphatic heterocycles. The Morgan fingerprint density at radius 3 is 2.39 bits per heavy atom. The minimum absolute atomic E-state index is 0.0694. The highest BCUT2D eigenvalue weighted by Gasteiger charge is 2.31. The van der Waals surface area contributed by atoms with Crippen LogP contribution in [0.5, 0.6) is 5.75 Å². The molecule has 0 saturated carbocycles. The molecule has 1 aromatic rings. The Morgan fingerprint density at radius 1 is 1.21 bits per heavy atom. The highest BCUT2D eigenvalue weighted by Crippen LogP contribution is 2.13. The van der Waals surface area contributed by atoms with Gasteiger partial charge in [0.2, 0.25) is 0 Å². The molecule has 0 saturated heterocycles. The number of aliphatic hydroxyl groups is 1. The van der Waals surface area contributed by atoms with E-state index in [1.54, 1.807) is 31.4 Å². The van der Waals surface area contributed by atoms with Crippen LogP contribution in [-0.4, -0.2) is 42.3 Å². The van der Waals surface area contributed by atoms with Crippen LogP contribution in [0, 0.1) is 5.92 Å². The summed E-state index contributed by atoms with van der Waals surface area (Å²) in [7, 11) is 1.58. The Bertz CT molecular complexity index is 603. The molecule has 0 aliphatic rings. The largest absolute Gasteiger partial charge is 0.497 e. The van der Waals surface area contributed by atoms with E-state index in [1.165, 1.54) is 0 Å². The molecular formula is C21H34N2O5. The summed E-state index contributed by atoms with van der Waals surface area (Å²) < 4.78 is 10.3. The second-order valence-corrected chi connectivity index (χ2v) is 7.40. The van der Waals surface area contributed by atoms with Crippen LogP contribution in [0.3, 0.4) is 0 Å². The summed E-state index contributed by atoms with van der Waals surface area (Å²) in [6.07, 6.45) is 0.538. The normalized spacial score (nSPS) is 14.2. The quantitative estimate of drug-likeness (QED) is 0.503. The number of carbonyl (C=O) groups excluding carboxylic acids is 2. The zero-order valence-electron chi connectivity index (χ0n) is 17.3. The third kappa shape index (κ3) is 8.27. The van der Waals surface area contributed by atoms with Crippen molar-refractivity contribution in [2.24, 2.45) is 11.7 Å². The number of nitrogens with one attached hydrogen (secondary N) is 1. The average molecular weight is 395 g/mol. The number of amides is 1. The van der Waals surface area contributed by atoms with Crippen LogP contribution in [0.15, 0.2) is 24.3 Å². The molecule has 0 radical (unpaired) electrons. The lowest BCUT2D eigenvalue weighted by atomic mass is 9.93. The van der Waals surface area contributed by atoms with E-state index >= 15 is 0 Å². The summed E-state index contributed by atoms with van der Waals surface area (Å²) in [6.45, 7) is 6.01. The molecule has 28 heavy (non-hydrogen) atoms. The average Bonchev–Trinajstić information content (AvgIpc) is 2.68. The molecule has 0 heterocycles. The van der Waals surface area contributed by atoms with E-state index < -0.39 is 30.1 Å². The van der Waals surface area contributed by atoms with E-state index in [4.69, 9.17) is 15.2 Å². The predicted molar refractivity (Wildman–Crippen MR) is 108 cm³/mol. The number of rotatable bonds is 12. The number of methoxy groups -OCH3 is 1. The van der Waals surface area contributed by atoms with Crippen LogP contribution < -0.4 is 15.8 Å². The molecule has 1 rings (SSSR count). The first-order valence-corrected chi connectivity index (χ1v) is 9.82. The molecule has 7 heteroatoms. The van der Waals surface area contributed by atoms with Crippen molar-refractivity contribution in [1.29, 1.82) is 0 Å². The third-order valence-electron chi connectivity index (χ3n) is 4.45. The van der Waals surface area contributed by atoms with Crippen molar-refractivity contribution in [3.8, 4) is 5.75 Å². The van der Waals surface area contributed by atoms with Gasteiger partial charge in [0.15, 0.2) is 5.78 Å². The number of nitrogens with two attached hydrogens (primary N) is 1. The van der Waals surface area contributed by atoms with Crippen LogP contribution in [0.2, 0.25) is 0 Å². The summed E-state index contributed by atoms with van der Waals surface area (Å²) in [6, 6.07) is 5.65. The second-order valence-electron chi connectivity index (χ2n) is 7.40. The zero-order valence-corrected chi connectivity index (χ0v) is 17.3. The Morgan fingerprint density at radius 2 is 1.86 bits per heavy atom. The maximum absolute atomic E-state index is 12.6. The number of benzene rings is 1. The summed E-state index contributed by atoms with van der Waals surface area (Å²) >= 11 is 0. The molecule has 7 nitrogen and oxygen atoms in total. The number of hydrogen-bond acceptors (Lipinski definition) is 6. The van der Waals surface area contributed by atoms with E-state index in [1.807, 2.05) is 20.8 Å². The molecule has 0 aliphatic carbocycles. The third-order valence-corrected chi connectivity index (χ3v) is 4.45. The van der Waals surface area contributed by atoms with Crippen molar-refractivity contribution < 1.29 is 24.2 Å². The maximum atomic E-state index is 12.6. The number of carbonyl (C=O) groups is 2. The van der Waals surface area contributed by atoms with Crippen LogP contribution >= 0.6 is 0 Å². The van der Waals surface area contributed by atoms with Crippen LogP contribution in [-0.2, 0) is 16.1 Å². The van der Waals surface area contributed by atoms with E-state index in [-0.39, 0.29) is 12.5 Å². The first kappa shape index (κ1) is 23.9. The van der Waals surface area contributed by atoms with Crippen LogP contribution in [0.4, 0.5) is 4.79 Å². The number of ketones is 1. The highest BCUT2D eigenvalue weighted by atomic mass is 16.5. The first-order chi connectivity index (χ1) is 13.3. The van der Waals surface area contributed by atoms with Gasteiger partial charge < -0.3 is 25.6 Å². The van der Waals surface area contributed by atoms with Gasteiger partial charge in [-0.1, -0.05) is 45.7 Å². The van der Waals surface area contributed by atoms with Gasteiger partial charge in [-0.15, -0.1) is 0 Å². The summed E-state index contributed by atoms with van der Waals surface area (Å²) in [5.74, 6) is 0.502. The van der Waals surface area contributed by atoms with Crippen molar-refractivity contribution >= 4 is 11.9 Å². The molecule has 0 aromatic heterocycles. The van der Waals surface area contributed by atoms with E-state index in [9.17, 15) is 14.7 Å². The lowest BCUT2D eigenvalue weighted by molar-refractivity contribution is -0.130. The number of alkyl carbamates (subject to hydrolysis) is 1. The Kier molecular flexibility index (Phi) is 10.6. The fourth-order valence-corrected chi connectivity index (χ4v) is 2.84. The van der Waals surface area contributed by atoms with Crippen molar-refractivity contribution in [2.45, 2.75) is 71.2 Å². The number of ether oxygens (including phenoxy) is 2. The van der Waals surface area contributed by atoms with E-state index in [0.29, 0.717) is 18.6 Å². The minimum Gasteiger partial charge on any atom is -0.497 e. The molecule has 4 N–H and O–H groups in total. The Balaban J connectivity index is 2.64. The van der Waals surface area contributed by atoms with Crippen molar-refractivity contribution in [3.63, 3.8) is 0 Å². The van der Waals surface area contributed by atoms with Gasteiger partial charge in [-0.3, -0.25) is 4.79 Å². The predicted octanol–water partition coefficient (Wildman–Crippen LogP) is 2.78. The van der Waals surface area contributed by atoms with Gasteiger partial charge in [-0.2, -0.15) is 0 Å². The van der Waals surface area contributed by atoms with Crippen LogP contribution in [0.25, 0.3) is 0 Å². The van der Waals surface area contributed by atoms with Gasteiger partial charge in [0.1, 0.15) is 18.5 Å². The fraction of sp³-hybridized carbons (Fsp3) is 0.619.